The number of aliphatic hydroxyl groups is 2. The summed E-state index contributed by atoms with van der Waals surface area (Å²) in [6, 6.07) is 0.679. The highest BCUT2D eigenvalue weighted by Crippen LogP contribution is 2.13. The van der Waals surface area contributed by atoms with Crippen LogP contribution in [0.5, 0.6) is 0 Å². The molecule has 2 aliphatic rings. The predicted octanol–water partition coefficient (Wildman–Crippen LogP) is -0.445. The second-order valence-electron chi connectivity index (χ2n) is 7.21. The normalized spacial score (nSPS) is 24.4. The Morgan fingerprint density at radius 3 is 1.75 bits per heavy atom. The molecular formula is C17H34N2O5. The molecule has 2 fully saturated rings. The summed E-state index contributed by atoms with van der Waals surface area (Å²) in [6.45, 7) is 12.3. The molecule has 0 aromatic heterocycles. The Balaban J connectivity index is 1.38. The molecule has 0 saturated carbocycles. The van der Waals surface area contributed by atoms with E-state index < -0.39 is 0 Å². The number of rotatable bonds is 12. The number of nitrogens with zero attached hydrogens (tertiary/aromatic N) is 2. The predicted molar refractivity (Wildman–Crippen MR) is 91.1 cm³/mol. The highest BCUT2D eigenvalue weighted by atomic mass is 16.5. The van der Waals surface area contributed by atoms with Crippen molar-refractivity contribution in [3.63, 3.8) is 0 Å². The Kier molecular flexibility index (Phi) is 8.36. The zero-order valence-corrected chi connectivity index (χ0v) is 15.3. The summed E-state index contributed by atoms with van der Waals surface area (Å²) in [5, 5.41) is 18.6. The van der Waals surface area contributed by atoms with E-state index in [4.69, 9.17) is 14.2 Å². The van der Waals surface area contributed by atoms with Crippen molar-refractivity contribution in [3.05, 3.63) is 0 Å². The van der Waals surface area contributed by atoms with E-state index in [1.54, 1.807) is 0 Å². The minimum absolute atomic E-state index is 0.0557. The molecule has 0 aromatic carbocycles. The molecule has 24 heavy (non-hydrogen) atoms. The number of ether oxygens (including phenoxy) is 3. The van der Waals surface area contributed by atoms with Crippen molar-refractivity contribution in [1.29, 1.82) is 0 Å². The molecule has 3 atom stereocenters. The van der Waals surface area contributed by atoms with Gasteiger partial charge in [-0.3, -0.25) is 9.80 Å². The Morgan fingerprint density at radius 1 is 0.792 bits per heavy atom. The van der Waals surface area contributed by atoms with Gasteiger partial charge in [-0.1, -0.05) is 0 Å². The molecule has 142 valence electrons. The first-order chi connectivity index (χ1) is 11.5. The van der Waals surface area contributed by atoms with Crippen LogP contribution in [0.4, 0.5) is 0 Å². The van der Waals surface area contributed by atoms with Crippen LogP contribution in [0.25, 0.3) is 0 Å². The number of β-amino-alcohol motifs (C(OH)–C–C–N with tert-alkyl or cyclic N) is 2. The van der Waals surface area contributed by atoms with Gasteiger partial charge in [0.15, 0.2) is 0 Å². The third kappa shape index (κ3) is 6.55. The SMILES string of the molecule is CC(COCCOCC(C)N1CC(O)C1)OCC(C)N1CC(O)C1. The van der Waals surface area contributed by atoms with E-state index in [2.05, 4.69) is 23.6 Å². The lowest BCUT2D eigenvalue weighted by Crippen LogP contribution is -2.55. The van der Waals surface area contributed by atoms with Crippen molar-refractivity contribution in [1.82, 2.24) is 9.80 Å². The number of aliphatic hydroxyl groups excluding tert-OH is 2. The molecule has 7 nitrogen and oxygen atoms in total. The average molecular weight is 346 g/mol. The van der Waals surface area contributed by atoms with Crippen molar-refractivity contribution in [2.75, 3.05) is 59.2 Å². The summed E-state index contributed by atoms with van der Waals surface area (Å²) in [5.74, 6) is 0. The van der Waals surface area contributed by atoms with Crippen LogP contribution in [0.3, 0.4) is 0 Å². The van der Waals surface area contributed by atoms with Gasteiger partial charge >= 0.3 is 0 Å². The number of hydrogen-bond donors (Lipinski definition) is 2. The van der Waals surface area contributed by atoms with E-state index >= 15 is 0 Å². The Morgan fingerprint density at radius 2 is 1.25 bits per heavy atom. The van der Waals surface area contributed by atoms with E-state index in [1.165, 1.54) is 0 Å². The first-order valence-corrected chi connectivity index (χ1v) is 9.07. The van der Waals surface area contributed by atoms with Gasteiger partial charge in [0.05, 0.1) is 51.3 Å². The highest BCUT2D eigenvalue weighted by Gasteiger charge is 2.29. The van der Waals surface area contributed by atoms with Crippen molar-refractivity contribution in [2.45, 2.75) is 51.2 Å². The van der Waals surface area contributed by atoms with Gasteiger partial charge < -0.3 is 24.4 Å². The molecular weight excluding hydrogens is 312 g/mol. The van der Waals surface area contributed by atoms with Crippen molar-refractivity contribution in [2.24, 2.45) is 0 Å². The molecule has 7 heteroatoms. The lowest BCUT2D eigenvalue weighted by atomic mass is 10.1. The Bertz CT molecular complexity index is 348. The van der Waals surface area contributed by atoms with E-state index in [0.29, 0.717) is 45.1 Å². The minimum atomic E-state index is -0.165. The lowest BCUT2D eigenvalue weighted by molar-refractivity contribution is -0.0731. The molecule has 0 amide bonds. The highest BCUT2D eigenvalue weighted by molar-refractivity contribution is 4.83. The average Bonchev–Trinajstić information content (AvgIpc) is 2.49. The van der Waals surface area contributed by atoms with Gasteiger partial charge in [-0.2, -0.15) is 0 Å². The summed E-state index contributed by atoms with van der Waals surface area (Å²) in [4.78, 5) is 4.42. The maximum atomic E-state index is 9.30. The molecule has 0 bridgehead atoms. The van der Waals surface area contributed by atoms with Crippen LogP contribution in [0.15, 0.2) is 0 Å². The molecule has 2 rings (SSSR count). The second-order valence-corrected chi connectivity index (χ2v) is 7.21. The van der Waals surface area contributed by atoms with Crippen LogP contribution in [-0.2, 0) is 14.2 Å². The zero-order valence-electron chi connectivity index (χ0n) is 15.3. The fraction of sp³-hybridized carbons (Fsp3) is 1.00. The zero-order chi connectivity index (χ0) is 17.5. The van der Waals surface area contributed by atoms with Gasteiger partial charge in [0.1, 0.15) is 0 Å². The third-order valence-electron chi connectivity index (χ3n) is 4.73. The molecule has 2 saturated heterocycles. The first-order valence-electron chi connectivity index (χ1n) is 9.07. The molecule has 2 aliphatic heterocycles. The van der Waals surface area contributed by atoms with E-state index in [0.717, 1.165) is 26.2 Å². The Hall–Kier alpha value is -0.280. The molecule has 0 aromatic rings. The molecule has 0 aliphatic carbocycles. The van der Waals surface area contributed by atoms with Gasteiger partial charge in [0.25, 0.3) is 0 Å². The molecule has 0 radical (unpaired) electrons. The van der Waals surface area contributed by atoms with Gasteiger partial charge in [0.2, 0.25) is 0 Å². The van der Waals surface area contributed by atoms with E-state index in [1.807, 2.05) is 6.92 Å². The van der Waals surface area contributed by atoms with Gasteiger partial charge in [-0.15, -0.1) is 0 Å². The van der Waals surface area contributed by atoms with Crippen LogP contribution >= 0.6 is 0 Å². The summed E-state index contributed by atoms with van der Waals surface area (Å²) >= 11 is 0. The third-order valence-corrected chi connectivity index (χ3v) is 4.73. The standard InChI is InChI=1S/C17H34N2O5/c1-13(18-6-16(20)7-18)10-22-4-5-23-12-15(3)24-11-14(2)19-8-17(21)9-19/h13-17,20-21H,4-12H2,1-3H3. The lowest BCUT2D eigenvalue weighted by Gasteiger charge is -2.40. The van der Waals surface area contributed by atoms with Crippen LogP contribution in [0.2, 0.25) is 0 Å². The molecule has 2 N–H and O–H groups in total. The van der Waals surface area contributed by atoms with Crippen molar-refractivity contribution >= 4 is 0 Å². The first kappa shape index (κ1) is 20.0. The number of likely N-dealkylation sites (tertiary alicyclic amines) is 2. The van der Waals surface area contributed by atoms with Gasteiger partial charge in [-0.25, -0.2) is 0 Å². The van der Waals surface area contributed by atoms with Crippen LogP contribution < -0.4 is 0 Å². The monoisotopic (exact) mass is 346 g/mol. The van der Waals surface area contributed by atoms with Crippen LogP contribution in [0, 0.1) is 0 Å². The molecule has 2 heterocycles. The summed E-state index contributed by atoms with van der Waals surface area (Å²) in [6.07, 6.45) is -0.270. The van der Waals surface area contributed by atoms with Gasteiger partial charge in [0, 0.05) is 38.3 Å². The fourth-order valence-corrected chi connectivity index (χ4v) is 2.88. The topological polar surface area (TPSA) is 74.6 Å². The summed E-state index contributed by atoms with van der Waals surface area (Å²) in [5.41, 5.74) is 0. The quantitative estimate of drug-likeness (QED) is 0.464. The van der Waals surface area contributed by atoms with E-state index in [-0.39, 0.29) is 18.3 Å². The Labute approximate surface area is 145 Å². The fourth-order valence-electron chi connectivity index (χ4n) is 2.88. The maximum Gasteiger partial charge on any atom is 0.0794 e. The summed E-state index contributed by atoms with van der Waals surface area (Å²) < 4.78 is 17.0. The smallest absolute Gasteiger partial charge is 0.0794 e. The second kappa shape index (κ2) is 10.0. The minimum Gasteiger partial charge on any atom is -0.390 e. The largest absolute Gasteiger partial charge is 0.390 e. The molecule has 3 unspecified atom stereocenters. The van der Waals surface area contributed by atoms with Crippen LogP contribution in [-0.4, -0.2) is 110 Å². The molecule has 0 spiro atoms. The van der Waals surface area contributed by atoms with Crippen molar-refractivity contribution < 1.29 is 24.4 Å². The van der Waals surface area contributed by atoms with E-state index in [9.17, 15) is 10.2 Å². The van der Waals surface area contributed by atoms with Crippen LogP contribution in [0.1, 0.15) is 20.8 Å². The van der Waals surface area contributed by atoms with Gasteiger partial charge in [-0.05, 0) is 20.8 Å². The van der Waals surface area contributed by atoms with Crippen molar-refractivity contribution in [3.8, 4) is 0 Å². The number of hydrogen-bond acceptors (Lipinski definition) is 7. The maximum absolute atomic E-state index is 9.30. The summed E-state index contributed by atoms with van der Waals surface area (Å²) in [7, 11) is 0.